The van der Waals surface area contributed by atoms with Gasteiger partial charge in [0.2, 0.25) is 0 Å². The first-order valence-corrected chi connectivity index (χ1v) is 8.52. The Morgan fingerprint density at radius 2 is 2.22 bits per heavy atom. The van der Waals surface area contributed by atoms with E-state index in [0.717, 1.165) is 28.5 Å². The Kier molecular flexibility index (Phi) is 3.55. The summed E-state index contributed by atoms with van der Waals surface area (Å²) in [5.74, 6) is 0.0420. The van der Waals surface area contributed by atoms with Gasteiger partial charge in [0.25, 0.3) is 0 Å². The molecule has 0 fully saturated rings. The lowest BCUT2D eigenvalue weighted by Crippen LogP contribution is -2.05. The van der Waals surface area contributed by atoms with Gasteiger partial charge in [0.05, 0.1) is 6.54 Å². The van der Waals surface area contributed by atoms with Crippen molar-refractivity contribution in [2.24, 2.45) is 0 Å². The number of sulfone groups is 1. The second-order valence-electron chi connectivity index (χ2n) is 3.73. The standard InChI is InChI=1S/C9H12N4O2S3/c1-5-4-16-6(12-5)3-11-9-7(18(2,14)15)8(10)13-17-9/h4,11H,3H2,1-2H3,(H2,10,13). The molecular formula is C9H12N4O2S3. The fraction of sp³-hybridized carbons (Fsp3) is 0.333. The molecule has 0 saturated carbocycles. The number of aryl methyl sites for hydroxylation is 1. The van der Waals surface area contributed by atoms with Crippen LogP contribution in [0.1, 0.15) is 10.7 Å². The Bertz CT molecular complexity index is 659. The summed E-state index contributed by atoms with van der Waals surface area (Å²) < 4.78 is 27.0. The molecule has 0 aliphatic rings. The first kappa shape index (κ1) is 13.2. The zero-order chi connectivity index (χ0) is 13.3. The van der Waals surface area contributed by atoms with Crippen LogP contribution in [0.5, 0.6) is 0 Å². The van der Waals surface area contributed by atoms with Crippen molar-refractivity contribution in [3.8, 4) is 0 Å². The summed E-state index contributed by atoms with van der Waals surface area (Å²) in [6.07, 6.45) is 1.12. The Hall–Kier alpha value is -1.19. The van der Waals surface area contributed by atoms with Crippen molar-refractivity contribution in [2.45, 2.75) is 18.4 Å². The second kappa shape index (κ2) is 4.82. The molecule has 6 nitrogen and oxygen atoms in total. The van der Waals surface area contributed by atoms with E-state index in [4.69, 9.17) is 5.73 Å². The van der Waals surface area contributed by atoms with Gasteiger partial charge < -0.3 is 11.1 Å². The third-order valence-corrected chi connectivity index (χ3v) is 5.18. The fourth-order valence-electron chi connectivity index (χ4n) is 1.40. The molecule has 0 bridgehead atoms. The van der Waals surface area contributed by atoms with Gasteiger partial charge in [0.15, 0.2) is 15.7 Å². The van der Waals surface area contributed by atoms with Crippen molar-refractivity contribution in [2.75, 3.05) is 17.3 Å². The van der Waals surface area contributed by atoms with Crippen LogP contribution in [-0.4, -0.2) is 24.0 Å². The minimum atomic E-state index is -3.38. The number of nitrogens with zero attached hydrogens (tertiary/aromatic N) is 2. The van der Waals surface area contributed by atoms with Gasteiger partial charge in [-0.2, -0.15) is 4.37 Å². The van der Waals surface area contributed by atoms with Crippen molar-refractivity contribution in [1.29, 1.82) is 0 Å². The molecular weight excluding hydrogens is 292 g/mol. The molecule has 2 rings (SSSR count). The lowest BCUT2D eigenvalue weighted by atomic mass is 10.5. The highest BCUT2D eigenvalue weighted by Crippen LogP contribution is 2.31. The summed E-state index contributed by atoms with van der Waals surface area (Å²) in [5, 5.41) is 6.30. The molecule has 18 heavy (non-hydrogen) atoms. The second-order valence-corrected chi connectivity index (χ2v) is 7.40. The maximum absolute atomic E-state index is 11.6. The molecule has 3 N–H and O–H groups in total. The summed E-state index contributed by atoms with van der Waals surface area (Å²) in [7, 11) is -3.38. The van der Waals surface area contributed by atoms with E-state index < -0.39 is 9.84 Å². The van der Waals surface area contributed by atoms with Crippen LogP contribution in [0.25, 0.3) is 0 Å². The van der Waals surface area contributed by atoms with Gasteiger partial charge in [-0.25, -0.2) is 13.4 Å². The fourth-order valence-corrected chi connectivity index (χ4v) is 4.18. The van der Waals surface area contributed by atoms with Crippen molar-refractivity contribution in [3.05, 3.63) is 16.1 Å². The van der Waals surface area contributed by atoms with E-state index >= 15 is 0 Å². The van der Waals surface area contributed by atoms with E-state index in [1.165, 1.54) is 11.3 Å². The van der Waals surface area contributed by atoms with Crippen LogP contribution in [0.4, 0.5) is 10.8 Å². The van der Waals surface area contributed by atoms with E-state index in [1.54, 1.807) is 0 Å². The largest absolute Gasteiger partial charge is 0.382 e. The van der Waals surface area contributed by atoms with Crippen LogP contribution < -0.4 is 11.1 Å². The van der Waals surface area contributed by atoms with Crippen molar-refractivity contribution in [3.63, 3.8) is 0 Å². The monoisotopic (exact) mass is 304 g/mol. The number of aromatic nitrogens is 2. The van der Waals surface area contributed by atoms with Crippen LogP contribution >= 0.6 is 22.9 Å². The molecule has 2 heterocycles. The number of hydrogen-bond acceptors (Lipinski definition) is 8. The highest BCUT2D eigenvalue weighted by Gasteiger charge is 2.21. The van der Waals surface area contributed by atoms with E-state index in [1.807, 2.05) is 12.3 Å². The van der Waals surface area contributed by atoms with Crippen LogP contribution in [-0.2, 0) is 16.4 Å². The first-order chi connectivity index (χ1) is 8.38. The third kappa shape index (κ3) is 2.79. The summed E-state index contributed by atoms with van der Waals surface area (Å²) in [4.78, 5) is 4.35. The molecule has 0 aliphatic carbocycles. The molecule has 0 amide bonds. The molecule has 0 spiro atoms. The minimum Gasteiger partial charge on any atom is -0.382 e. The molecule has 0 radical (unpaired) electrons. The molecule has 0 atom stereocenters. The van der Waals surface area contributed by atoms with E-state index in [-0.39, 0.29) is 10.7 Å². The van der Waals surface area contributed by atoms with Gasteiger partial charge >= 0.3 is 0 Å². The number of thiazole rings is 1. The van der Waals surface area contributed by atoms with E-state index in [0.29, 0.717) is 11.5 Å². The predicted molar refractivity (Wildman–Crippen MR) is 73.8 cm³/mol. The smallest absolute Gasteiger partial charge is 0.182 e. The van der Waals surface area contributed by atoms with Gasteiger partial charge in [-0.05, 0) is 18.5 Å². The minimum absolute atomic E-state index is 0.0420. The molecule has 2 aromatic rings. The molecule has 0 saturated heterocycles. The highest BCUT2D eigenvalue weighted by atomic mass is 32.2. The quantitative estimate of drug-likeness (QED) is 0.888. The SMILES string of the molecule is Cc1csc(CNc2snc(N)c2S(C)(=O)=O)n1. The number of nitrogens with one attached hydrogen (secondary N) is 1. The van der Waals surface area contributed by atoms with Crippen LogP contribution in [0, 0.1) is 6.92 Å². The Morgan fingerprint density at radius 3 is 2.78 bits per heavy atom. The van der Waals surface area contributed by atoms with Gasteiger partial charge in [-0.15, -0.1) is 11.3 Å². The average Bonchev–Trinajstić information content (AvgIpc) is 2.81. The lowest BCUT2D eigenvalue weighted by molar-refractivity contribution is 0.602. The molecule has 0 aliphatic heterocycles. The summed E-state index contributed by atoms with van der Waals surface area (Å²) in [5.41, 5.74) is 6.52. The van der Waals surface area contributed by atoms with Crippen molar-refractivity contribution in [1.82, 2.24) is 9.36 Å². The average molecular weight is 304 g/mol. The number of rotatable bonds is 4. The number of hydrogen-bond donors (Lipinski definition) is 2. The van der Waals surface area contributed by atoms with E-state index in [9.17, 15) is 8.42 Å². The number of nitrogens with two attached hydrogens (primary N) is 1. The maximum Gasteiger partial charge on any atom is 0.182 e. The van der Waals surface area contributed by atoms with Crippen molar-refractivity contribution >= 4 is 43.5 Å². The van der Waals surface area contributed by atoms with Gasteiger partial charge in [0.1, 0.15) is 14.9 Å². The van der Waals surface area contributed by atoms with E-state index in [2.05, 4.69) is 14.7 Å². The van der Waals surface area contributed by atoms with Crippen molar-refractivity contribution < 1.29 is 8.42 Å². The summed E-state index contributed by atoms with van der Waals surface area (Å²) in [6.45, 7) is 2.37. The van der Waals surface area contributed by atoms with Crippen LogP contribution in [0.15, 0.2) is 10.3 Å². The molecule has 2 aromatic heterocycles. The zero-order valence-corrected chi connectivity index (χ0v) is 12.2. The topological polar surface area (TPSA) is 98.0 Å². The van der Waals surface area contributed by atoms with Gasteiger partial charge in [-0.3, -0.25) is 0 Å². The predicted octanol–water partition coefficient (Wildman–Crippen LogP) is 1.51. The maximum atomic E-state index is 11.6. The number of anilines is 2. The summed E-state index contributed by atoms with van der Waals surface area (Å²) in [6, 6.07) is 0. The Morgan fingerprint density at radius 1 is 1.50 bits per heavy atom. The normalized spacial score (nSPS) is 11.7. The van der Waals surface area contributed by atoms with Crippen LogP contribution in [0.3, 0.4) is 0 Å². The molecule has 0 aromatic carbocycles. The lowest BCUT2D eigenvalue weighted by Gasteiger charge is -2.03. The first-order valence-electron chi connectivity index (χ1n) is 4.98. The zero-order valence-electron chi connectivity index (χ0n) is 9.80. The van der Waals surface area contributed by atoms with Crippen LogP contribution in [0.2, 0.25) is 0 Å². The number of nitrogen functional groups attached to an aromatic ring is 1. The Labute approximate surface area is 113 Å². The third-order valence-electron chi connectivity index (χ3n) is 2.11. The molecule has 9 heteroatoms. The summed E-state index contributed by atoms with van der Waals surface area (Å²) >= 11 is 2.56. The van der Waals surface area contributed by atoms with Gasteiger partial charge in [0, 0.05) is 17.3 Å². The molecule has 98 valence electrons. The highest BCUT2D eigenvalue weighted by molar-refractivity contribution is 7.91. The molecule has 0 unspecified atom stereocenters. The van der Waals surface area contributed by atoms with Gasteiger partial charge in [-0.1, -0.05) is 0 Å². The Balaban J connectivity index is 2.20.